The fourth-order valence-electron chi connectivity index (χ4n) is 2.62. The lowest BCUT2D eigenvalue weighted by molar-refractivity contribution is 0.466. The molecule has 0 aromatic carbocycles. The van der Waals surface area contributed by atoms with E-state index in [1.54, 1.807) is 0 Å². The molecule has 0 radical (unpaired) electrons. The van der Waals surface area contributed by atoms with Crippen LogP contribution in [0, 0.1) is 18.3 Å². The summed E-state index contributed by atoms with van der Waals surface area (Å²) in [4.78, 5) is 8.73. The number of hydrogen-bond acceptors (Lipinski definition) is 4. The summed E-state index contributed by atoms with van der Waals surface area (Å²) in [6.07, 6.45) is 5.67. The molecule has 92 valence electrons. The van der Waals surface area contributed by atoms with Gasteiger partial charge in [-0.15, -0.1) is 0 Å². The van der Waals surface area contributed by atoms with Gasteiger partial charge in [-0.25, -0.2) is 4.98 Å². The van der Waals surface area contributed by atoms with Crippen LogP contribution in [0.4, 0.5) is 11.8 Å². The second kappa shape index (κ2) is 3.86. The highest BCUT2D eigenvalue weighted by atomic mass is 15.1. The van der Waals surface area contributed by atoms with Crippen LogP contribution in [0.15, 0.2) is 6.07 Å². The van der Waals surface area contributed by atoms with E-state index in [2.05, 4.69) is 20.6 Å². The van der Waals surface area contributed by atoms with Gasteiger partial charge in [-0.3, -0.25) is 0 Å². The fourth-order valence-corrected chi connectivity index (χ4v) is 2.62. The van der Waals surface area contributed by atoms with E-state index in [9.17, 15) is 0 Å². The average molecular weight is 232 g/mol. The Balaban J connectivity index is 1.66. The molecule has 0 saturated heterocycles. The van der Waals surface area contributed by atoms with Crippen molar-refractivity contribution >= 4 is 11.8 Å². The Morgan fingerprint density at radius 1 is 1.35 bits per heavy atom. The number of anilines is 2. The quantitative estimate of drug-likeness (QED) is 0.818. The van der Waals surface area contributed by atoms with Crippen molar-refractivity contribution in [3.63, 3.8) is 0 Å². The van der Waals surface area contributed by atoms with Crippen molar-refractivity contribution in [2.45, 2.75) is 32.6 Å². The zero-order chi connectivity index (χ0) is 11.9. The Morgan fingerprint density at radius 3 is 2.71 bits per heavy atom. The first-order chi connectivity index (χ1) is 8.22. The second-order valence-corrected chi connectivity index (χ2v) is 5.46. The zero-order valence-corrected chi connectivity index (χ0v) is 10.6. The number of aryl methyl sites for hydroxylation is 1. The van der Waals surface area contributed by atoms with E-state index >= 15 is 0 Å². The second-order valence-electron chi connectivity index (χ2n) is 5.46. The Hall–Kier alpha value is -1.32. The van der Waals surface area contributed by atoms with Gasteiger partial charge in [0.1, 0.15) is 5.82 Å². The van der Waals surface area contributed by atoms with Crippen LogP contribution in [-0.4, -0.2) is 23.6 Å². The van der Waals surface area contributed by atoms with Gasteiger partial charge in [-0.05, 0) is 43.9 Å². The highest BCUT2D eigenvalue weighted by Crippen LogP contribution is 2.61. The molecule has 2 N–H and O–H groups in total. The average Bonchev–Trinajstić information content (AvgIpc) is 3.15. The largest absolute Gasteiger partial charge is 0.369 e. The van der Waals surface area contributed by atoms with E-state index in [1.165, 1.54) is 25.7 Å². The molecule has 2 fully saturated rings. The Labute approximate surface area is 102 Å². The van der Waals surface area contributed by atoms with Crippen molar-refractivity contribution in [3.8, 4) is 0 Å². The summed E-state index contributed by atoms with van der Waals surface area (Å²) >= 11 is 0. The predicted molar refractivity (Wildman–Crippen MR) is 69.2 cm³/mol. The third-order valence-electron chi connectivity index (χ3n) is 4.03. The van der Waals surface area contributed by atoms with Crippen LogP contribution in [0.2, 0.25) is 0 Å². The topological polar surface area (TPSA) is 49.8 Å². The van der Waals surface area contributed by atoms with Crippen LogP contribution in [0.3, 0.4) is 0 Å². The molecule has 1 aromatic rings. The molecular formula is C13H20N4. The molecule has 0 atom stereocenters. The number of nitrogens with one attached hydrogen (secondary N) is 2. The minimum Gasteiger partial charge on any atom is -0.369 e. The van der Waals surface area contributed by atoms with Crippen LogP contribution in [0.5, 0.6) is 0 Å². The maximum Gasteiger partial charge on any atom is 0.224 e. The van der Waals surface area contributed by atoms with Gasteiger partial charge in [0, 0.05) is 25.4 Å². The molecule has 0 spiro atoms. The number of aromatic nitrogens is 2. The van der Waals surface area contributed by atoms with Crippen molar-refractivity contribution in [2.75, 3.05) is 24.2 Å². The lowest BCUT2D eigenvalue weighted by atomic mass is 10.0. The summed E-state index contributed by atoms with van der Waals surface area (Å²) in [6.45, 7) is 3.08. The van der Waals surface area contributed by atoms with Gasteiger partial charge in [0.2, 0.25) is 5.95 Å². The van der Waals surface area contributed by atoms with Gasteiger partial charge in [0.15, 0.2) is 0 Å². The first kappa shape index (κ1) is 10.8. The molecule has 2 aliphatic rings. The lowest BCUT2D eigenvalue weighted by Crippen LogP contribution is -2.18. The predicted octanol–water partition coefficient (Wildman–Crippen LogP) is 2.43. The SMILES string of the molecule is CNc1nc(C)cc(NCC2(C3CC3)CC2)n1. The van der Waals surface area contributed by atoms with Gasteiger partial charge >= 0.3 is 0 Å². The van der Waals surface area contributed by atoms with Crippen LogP contribution >= 0.6 is 0 Å². The molecule has 2 saturated carbocycles. The summed E-state index contributed by atoms with van der Waals surface area (Å²) in [5, 5.41) is 6.49. The maximum absolute atomic E-state index is 4.43. The Kier molecular flexibility index (Phi) is 2.45. The monoisotopic (exact) mass is 232 g/mol. The molecule has 1 aromatic heterocycles. The Bertz CT molecular complexity index is 421. The van der Waals surface area contributed by atoms with Crippen molar-refractivity contribution in [2.24, 2.45) is 11.3 Å². The van der Waals surface area contributed by atoms with Crippen LogP contribution in [0.25, 0.3) is 0 Å². The van der Waals surface area contributed by atoms with Gasteiger partial charge < -0.3 is 10.6 Å². The molecule has 0 aliphatic heterocycles. The normalized spacial score (nSPS) is 21.1. The Morgan fingerprint density at radius 2 is 2.12 bits per heavy atom. The standard InChI is InChI=1S/C13H20N4/c1-9-7-11(17-12(14-2)16-9)15-8-13(5-6-13)10-3-4-10/h7,10H,3-6,8H2,1-2H3,(H2,14,15,16,17). The van der Waals surface area contributed by atoms with Crippen LogP contribution in [-0.2, 0) is 0 Å². The highest BCUT2D eigenvalue weighted by molar-refractivity contribution is 5.42. The number of nitrogens with zero attached hydrogens (tertiary/aromatic N) is 2. The number of rotatable bonds is 5. The molecule has 0 unspecified atom stereocenters. The van der Waals surface area contributed by atoms with Gasteiger partial charge in [0.05, 0.1) is 0 Å². The van der Waals surface area contributed by atoms with E-state index in [-0.39, 0.29) is 0 Å². The maximum atomic E-state index is 4.43. The summed E-state index contributed by atoms with van der Waals surface area (Å²) < 4.78 is 0. The summed E-state index contributed by atoms with van der Waals surface area (Å²) in [6, 6.07) is 2.02. The molecule has 4 heteroatoms. The summed E-state index contributed by atoms with van der Waals surface area (Å²) in [5.74, 6) is 2.64. The van der Waals surface area contributed by atoms with Gasteiger partial charge in [0.25, 0.3) is 0 Å². The minimum atomic E-state index is 0.610. The van der Waals surface area contributed by atoms with Crippen LogP contribution < -0.4 is 10.6 Å². The van der Waals surface area contributed by atoms with E-state index in [4.69, 9.17) is 0 Å². The van der Waals surface area contributed by atoms with E-state index in [0.29, 0.717) is 11.4 Å². The molecule has 4 nitrogen and oxygen atoms in total. The van der Waals surface area contributed by atoms with E-state index in [1.807, 2.05) is 20.0 Å². The third-order valence-corrected chi connectivity index (χ3v) is 4.03. The first-order valence-electron chi connectivity index (χ1n) is 6.49. The fraction of sp³-hybridized carbons (Fsp3) is 0.692. The van der Waals surface area contributed by atoms with E-state index < -0.39 is 0 Å². The van der Waals surface area contributed by atoms with Gasteiger partial charge in [-0.2, -0.15) is 4.98 Å². The van der Waals surface area contributed by atoms with Gasteiger partial charge in [-0.1, -0.05) is 0 Å². The summed E-state index contributed by atoms with van der Waals surface area (Å²) in [7, 11) is 1.85. The summed E-state index contributed by atoms with van der Waals surface area (Å²) in [5.41, 5.74) is 1.61. The minimum absolute atomic E-state index is 0.610. The first-order valence-corrected chi connectivity index (χ1v) is 6.49. The molecule has 0 bridgehead atoms. The van der Waals surface area contributed by atoms with Crippen molar-refractivity contribution in [1.82, 2.24) is 9.97 Å². The molecule has 2 aliphatic carbocycles. The molecule has 0 amide bonds. The molecular weight excluding hydrogens is 212 g/mol. The lowest BCUT2D eigenvalue weighted by Gasteiger charge is -2.16. The molecule has 1 heterocycles. The molecule has 3 rings (SSSR count). The van der Waals surface area contributed by atoms with Crippen molar-refractivity contribution < 1.29 is 0 Å². The number of hydrogen-bond donors (Lipinski definition) is 2. The highest BCUT2D eigenvalue weighted by Gasteiger charge is 2.53. The smallest absolute Gasteiger partial charge is 0.224 e. The van der Waals surface area contributed by atoms with E-state index in [0.717, 1.165) is 24.0 Å². The van der Waals surface area contributed by atoms with Crippen molar-refractivity contribution in [3.05, 3.63) is 11.8 Å². The third kappa shape index (κ3) is 2.21. The molecule has 17 heavy (non-hydrogen) atoms. The van der Waals surface area contributed by atoms with Crippen LogP contribution in [0.1, 0.15) is 31.4 Å². The zero-order valence-electron chi connectivity index (χ0n) is 10.6. The van der Waals surface area contributed by atoms with Crippen molar-refractivity contribution in [1.29, 1.82) is 0 Å².